The van der Waals surface area contributed by atoms with Crippen LogP contribution >= 0.6 is 28.6 Å². The number of ether oxygens (including phenoxy) is 1. The smallest absolute Gasteiger partial charge is 0.226 e. The van der Waals surface area contributed by atoms with Crippen molar-refractivity contribution in [3.05, 3.63) is 28.3 Å². The highest BCUT2D eigenvalue weighted by Crippen LogP contribution is 2.28. The first-order valence-corrected chi connectivity index (χ1v) is 8.10. The second-order valence-corrected chi connectivity index (χ2v) is 6.54. The van der Waals surface area contributed by atoms with Crippen LogP contribution < -0.4 is 16.2 Å². The summed E-state index contributed by atoms with van der Waals surface area (Å²) < 4.78 is 5.72. The molecule has 0 atom stereocenters. The van der Waals surface area contributed by atoms with Gasteiger partial charge in [-0.15, -0.1) is 17.0 Å². The van der Waals surface area contributed by atoms with Crippen molar-refractivity contribution in [2.24, 2.45) is 21.5 Å². The van der Waals surface area contributed by atoms with Gasteiger partial charge in [-0.3, -0.25) is 4.84 Å². The number of hydrogen-bond donors (Lipinski definition) is 2. The monoisotopic (exact) mass is 433 g/mol. The Kier molecular flexibility index (Phi) is 7.52. The fourth-order valence-corrected chi connectivity index (χ4v) is 2.55. The van der Waals surface area contributed by atoms with Crippen molar-refractivity contribution >= 4 is 40.5 Å². The van der Waals surface area contributed by atoms with E-state index in [-0.39, 0.29) is 28.9 Å². The number of nitrogens with two attached hydrogens (primary N) is 2. The lowest BCUT2D eigenvalue weighted by Crippen LogP contribution is -2.53. The molecule has 0 spiro atoms. The number of halogens is 2. The maximum Gasteiger partial charge on any atom is 0.226 e. The Morgan fingerprint density at radius 2 is 1.80 bits per heavy atom. The first-order chi connectivity index (χ1) is 11.2. The van der Waals surface area contributed by atoms with E-state index in [1.165, 1.54) is 5.06 Å². The Labute approximate surface area is 163 Å². The average Bonchev–Trinajstić information content (AvgIpc) is 2.45. The molecule has 0 aromatic heterocycles. The molecule has 140 valence electrons. The molecule has 0 radical (unpaired) electrons. The van der Waals surface area contributed by atoms with Gasteiger partial charge in [0, 0.05) is 6.42 Å². The van der Waals surface area contributed by atoms with Crippen LogP contribution in [0.3, 0.4) is 0 Å². The van der Waals surface area contributed by atoms with Gasteiger partial charge in [-0.25, -0.2) is 4.99 Å². The number of hydrogen-bond acceptors (Lipinski definition) is 7. The summed E-state index contributed by atoms with van der Waals surface area (Å²) in [7, 11) is 0. The van der Waals surface area contributed by atoms with Crippen molar-refractivity contribution in [3.8, 4) is 5.75 Å². The van der Waals surface area contributed by atoms with E-state index in [1.54, 1.807) is 0 Å². The number of rotatable bonds is 6. The maximum absolute atomic E-state index is 6.18. The Hall–Kier alpha value is -1.51. The lowest BCUT2D eigenvalue weighted by Gasteiger charge is -2.36. The summed E-state index contributed by atoms with van der Waals surface area (Å²) in [5.41, 5.74) is 13.0. The van der Waals surface area contributed by atoms with Gasteiger partial charge in [0.1, 0.15) is 5.75 Å². The summed E-state index contributed by atoms with van der Waals surface area (Å²) in [5, 5.41) is 2.06. The predicted octanol–water partition coefficient (Wildman–Crippen LogP) is 2.92. The molecule has 1 aromatic carbocycles. The number of hydroxylamine groups is 2. The van der Waals surface area contributed by atoms with Crippen molar-refractivity contribution in [2.45, 2.75) is 39.8 Å². The predicted molar refractivity (Wildman–Crippen MR) is 106 cm³/mol. The highest BCUT2D eigenvalue weighted by atomic mass is 79.9. The Bertz CT molecular complexity index is 679. The number of guanidine groups is 2. The van der Waals surface area contributed by atoms with Crippen LogP contribution in [0.5, 0.6) is 5.75 Å². The molecule has 1 aliphatic rings. The quantitative estimate of drug-likeness (QED) is 0.671. The lowest BCUT2D eigenvalue weighted by molar-refractivity contribution is -0.158. The first-order valence-electron chi connectivity index (χ1n) is 7.73. The van der Waals surface area contributed by atoms with Crippen LogP contribution in [-0.4, -0.2) is 35.9 Å². The van der Waals surface area contributed by atoms with E-state index in [0.29, 0.717) is 30.4 Å². The molecule has 0 fully saturated rings. The number of aryl methyl sites for hydroxylation is 2. The van der Waals surface area contributed by atoms with Crippen molar-refractivity contribution < 1.29 is 9.57 Å². The molecule has 4 N–H and O–H groups in total. The number of aliphatic imine (C=N–C) groups is 2. The van der Waals surface area contributed by atoms with Crippen LogP contribution in [-0.2, 0) is 4.84 Å². The van der Waals surface area contributed by atoms with Crippen molar-refractivity contribution in [2.75, 3.05) is 13.2 Å². The van der Waals surface area contributed by atoms with Crippen molar-refractivity contribution in [3.63, 3.8) is 0 Å². The largest absolute Gasteiger partial charge is 0.492 e. The van der Waals surface area contributed by atoms with Gasteiger partial charge in [-0.05, 0) is 51.0 Å². The topological polar surface area (TPSA) is 98.5 Å². The van der Waals surface area contributed by atoms with Crippen molar-refractivity contribution in [1.29, 1.82) is 0 Å². The lowest BCUT2D eigenvalue weighted by atomic mass is 10.1. The van der Waals surface area contributed by atoms with Gasteiger partial charge in [0.15, 0.2) is 5.66 Å². The van der Waals surface area contributed by atoms with Crippen molar-refractivity contribution in [1.82, 2.24) is 5.06 Å². The molecular weight excluding hydrogens is 410 g/mol. The highest BCUT2D eigenvalue weighted by Gasteiger charge is 2.32. The molecule has 25 heavy (non-hydrogen) atoms. The zero-order chi connectivity index (χ0) is 17.9. The molecule has 0 aliphatic carbocycles. The third kappa shape index (κ3) is 5.49. The molecule has 0 saturated heterocycles. The minimum atomic E-state index is -0.700. The van der Waals surface area contributed by atoms with Gasteiger partial charge in [-0.2, -0.15) is 10.1 Å². The minimum Gasteiger partial charge on any atom is -0.492 e. The van der Waals surface area contributed by atoms with E-state index in [4.69, 9.17) is 32.6 Å². The van der Waals surface area contributed by atoms with Crippen LogP contribution in [0.2, 0.25) is 5.02 Å². The molecule has 9 heteroatoms. The highest BCUT2D eigenvalue weighted by molar-refractivity contribution is 8.93. The Morgan fingerprint density at radius 1 is 1.16 bits per heavy atom. The van der Waals surface area contributed by atoms with Gasteiger partial charge >= 0.3 is 0 Å². The fraction of sp³-hybridized carbons (Fsp3) is 0.500. The first kappa shape index (κ1) is 21.5. The molecule has 1 heterocycles. The molecule has 2 rings (SSSR count). The Balaban J connectivity index is 0.00000312. The molecule has 0 amide bonds. The fourth-order valence-electron chi connectivity index (χ4n) is 2.28. The molecule has 1 aliphatic heterocycles. The summed E-state index contributed by atoms with van der Waals surface area (Å²) in [5.74, 6) is 1.01. The third-order valence-corrected chi connectivity index (χ3v) is 3.93. The second kappa shape index (κ2) is 8.73. The Morgan fingerprint density at radius 3 is 2.44 bits per heavy atom. The molecule has 0 unspecified atom stereocenters. The van der Waals surface area contributed by atoms with Gasteiger partial charge < -0.3 is 16.2 Å². The summed E-state index contributed by atoms with van der Waals surface area (Å²) in [4.78, 5) is 13.8. The molecule has 0 bridgehead atoms. The molecule has 1 aromatic rings. The normalized spacial score (nSPS) is 16.0. The number of benzene rings is 1. The second-order valence-electron chi connectivity index (χ2n) is 6.13. The van der Waals surface area contributed by atoms with E-state index >= 15 is 0 Å². The summed E-state index contributed by atoms with van der Waals surface area (Å²) >= 11 is 6.18. The third-order valence-electron chi connectivity index (χ3n) is 3.64. The van der Waals surface area contributed by atoms with Gasteiger partial charge in [0.2, 0.25) is 11.9 Å². The van der Waals surface area contributed by atoms with E-state index < -0.39 is 5.66 Å². The van der Waals surface area contributed by atoms with Crippen LogP contribution in [0.4, 0.5) is 0 Å². The van der Waals surface area contributed by atoms with Crippen LogP contribution in [0.1, 0.15) is 31.4 Å². The van der Waals surface area contributed by atoms with E-state index in [2.05, 4.69) is 9.98 Å². The van der Waals surface area contributed by atoms with E-state index in [0.717, 1.165) is 11.1 Å². The molecule has 7 nitrogen and oxygen atoms in total. The maximum atomic E-state index is 6.18. The zero-order valence-corrected chi connectivity index (χ0v) is 17.3. The van der Waals surface area contributed by atoms with Crippen LogP contribution in [0.25, 0.3) is 0 Å². The standard InChI is InChI=1S/C16H24ClN5O2.BrH/c1-10-8-12(17)13(9-11(10)2)23-6-5-7-24-22-15(19)20-14(18)21-16(22,3)4;/h8-9H,5-7H2,1-4H3,(H4,18,19,20,21);1H. The average molecular weight is 435 g/mol. The molecular formula is C16H25BrClN5O2. The number of nitrogens with zero attached hydrogens (tertiary/aromatic N) is 3. The van der Waals surface area contributed by atoms with Gasteiger partial charge in [0.25, 0.3) is 0 Å². The van der Waals surface area contributed by atoms with Gasteiger partial charge in [0.05, 0.1) is 18.2 Å². The summed E-state index contributed by atoms with van der Waals surface area (Å²) in [6.07, 6.45) is 0.655. The summed E-state index contributed by atoms with van der Waals surface area (Å²) in [6, 6.07) is 3.84. The van der Waals surface area contributed by atoms with Crippen LogP contribution in [0.15, 0.2) is 22.1 Å². The van der Waals surface area contributed by atoms with E-state index in [9.17, 15) is 0 Å². The van der Waals surface area contributed by atoms with E-state index in [1.807, 2.05) is 39.8 Å². The summed E-state index contributed by atoms with van der Waals surface area (Å²) in [6.45, 7) is 8.59. The SMILES string of the molecule is Br.Cc1cc(Cl)c(OCCCON2C(N)=NC(N)=NC2(C)C)cc1C. The minimum absolute atomic E-state index is 0. The van der Waals surface area contributed by atoms with Crippen LogP contribution in [0, 0.1) is 13.8 Å². The zero-order valence-electron chi connectivity index (χ0n) is 14.9. The molecule has 0 saturated carbocycles. The van der Waals surface area contributed by atoms with Gasteiger partial charge in [-0.1, -0.05) is 11.6 Å².